The van der Waals surface area contributed by atoms with Crippen molar-refractivity contribution in [2.45, 2.75) is 12.6 Å². The number of benzene rings is 1. The van der Waals surface area contributed by atoms with Gasteiger partial charge in [0.2, 0.25) is 0 Å². The molecule has 1 aromatic carbocycles. The summed E-state index contributed by atoms with van der Waals surface area (Å²) in [5.41, 5.74) is -0.810. The molecular formula is C14H12F3N3O4. The summed E-state index contributed by atoms with van der Waals surface area (Å²) in [5.74, 6) is -1.50. The Hall–Kier alpha value is -2.91. The van der Waals surface area contributed by atoms with Gasteiger partial charge in [0.1, 0.15) is 0 Å². The smallest absolute Gasteiger partial charge is 0.416 e. The summed E-state index contributed by atoms with van der Waals surface area (Å²) in [6.45, 7) is 0. The highest BCUT2D eigenvalue weighted by Crippen LogP contribution is 2.29. The van der Waals surface area contributed by atoms with Gasteiger partial charge in [-0.2, -0.15) is 13.2 Å². The number of carbonyl (C=O) groups excluding carboxylic acids is 2. The highest BCUT2D eigenvalue weighted by Gasteiger charge is 2.30. The third kappa shape index (κ3) is 3.53. The van der Waals surface area contributed by atoms with Crippen molar-refractivity contribution in [1.29, 1.82) is 0 Å². The van der Waals surface area contributed by atoms with Gasteiger partial charge in [0, 0.05) is 0 Å². The van der Waals surface area contributed by atoms with E-state index in [4.69, 9.17) is 0 Å². The van der Waals surface area contributed by atoms with E-state index in [1.165, 1.54) is 0 Å². The van der Waals surface area contributed by atoms with Gasteiger partial charge in [0.15, 0.2) is 5.69 Å². The third-order valence-corrected chi connectivity index (χ3v) is 3.12. The molecule has 0 amide bonds. The summed E-state index contributed by atoms with van der Waals surface area (Å²) in [7, 11) is 2.29. The van der Waals surface area contributed by atoms with Gasteiger partial charge in [0.25, 0.3) is 0 Å². The molecule has 0 spiro atoms. The number of alkyl halides is 3. The highest BCUT2D eigenvalue weighted by atomic mass is 19.4. The number of rotatable bonds is 4. The van der Waals surface area contributed by atoms with E-state index in [-0.39, 0.29) is 23.5 Å². The minimum Gasteiger partial charge on any atom is -0.469 e. The van der Waals surface area contributed by atoms with Crippen LogP contribution in [0.25, 0.3) is 5.69 Å². The molecule has 2 rings (SSSR count). The van der Waals surface area contributed by atoms with E-state index in [0.29, 0.717) is 0 Å². The second-order valence-electron chi connectivity index (χ2n) is 4.59. The normalized spacial score (nSPS) is 11.2. The largest absolute Gasteiger partial charge is 0.469 e. The van der Waals surface area contributed by atoms with Crippen LogP contribution in [0.3, 0.4) is 0 Å². The van der Waals surface area contributed by atoms with Crippen LogP contribution in [0, 0.1) is 0 Å². The summed E-state index contributed by atoms with van der Waals surface area (Å²) >= 11 is 0. The Morgan fingerprint density at radius 1 is 1.12 bits per heavy atom. The van der Waals surface area contributed by atoms with Gasteiger partial charge < -0.3 is 9.47 Å². The summed E-state index contributed by atoms with van der Waals surface area (Å²) in [5, 5.41) is 7.34. The molecule has 0 aliphatic carbocycles. The second-order valence-corrected chi connectivity index (χ2v) is 4.59. The molecule has 0 saturated heterocycles. The molecule has 0 radical (unpaired) electrons. The average Bonchev–Trinajstić information content (AvgIpc) is 2.96. The number of aromatic nitrogens is 3. The zero-order chi connectivity index (χ0) is 17.9. The number of hydrogen-bond acceptors (Lipinski definition) is 6. The first kappa shape index (κ1) is 17.4. The van der Waals surface area contributed by atoms with E-state index in [9.17, 15) is 22.8 Å². The van der Waals surface area contributed by atoms with Crippen LogP contribution in [0.1, 0.15) is 21.7 Å². The van der Waals surface area contributed by atoms with Crippen molar-refractivity contribution in [2.24, 2.45) is 0 Å². The predicted molar refractivity (Wildman–Crippen MR) is 73.4 cm³/mol. The number of halogens is 3. The average molecular weight is 343 g/mol. The molecule has 0 unspecified atom stereocenters. The van der Waals surface area contributed by atoms with Crippen LogP contribution in [0.4, 0.5) is 13.2 Å². The van der Waals surface area contributed by atoms with E-state index in [0.717, 1.165) is 43.2 Å². The van der Waals surface area contributed by atoms with Crippen LogP contribution >= 0.6 is 0 Å². The standard InChI is InChI=1S/C14H12F3N3O4/c1-23-11(21)7-10-12(13(22)24-2)18-19-20(10)9-5-3-8(4-6-9)14(15,16)17/h3-6H,7H2,1-2H3. The van der Waals surface area contributed by atoms with Crippen molar-refractivity contribution in [3.8, 4) is 5.69 Å². The van der Waals surface area contributed by atoms with Crippen molar-refractivity contribution in [2.75, 3.05) is 14.2 Å². The molecular weight excluding hydrogens is 331 g/mol. The lowest BCUT2D eigenvalue weighted by Gasteiger charge is -2.09. The summed E-state index contributed by atoms with van der Waals surface area (Å²) < 4.78 is 48.0. The predicted octanol–water partition coefficient (Wildman–Crippen LogP) is 1.79. The number of ether oxygens (including phenoxy) is 2. The Morgan fingerprint density at radius 2 is 1.75 bits per heavy atom. The SMILES string of the molecule is COC(=O)Cc1c(C(=O)OC)nnn1-c1ccc(C(F)(F)F)cc1. The molecule has 0 saturated carbocycles. The van der Waals surface area contributed by atoms with Crippen molar-refractivity contribution in [1.82, 2.24) is 15.0 Å². The fraction of sp³-hybridized carbons (Fsp3) is 0.286. The summed E-state index contributed by atoms with van der Waals surface area (Å²) in [6, 6.07) is 4.02. The first-order valence-electron chi connectivity index (χ1n) is 6.55. The minimum atomic E-state index is -4.48. The quantitative estimate of drug-likeness (QED) is 0.787. The first-order chi connectivity index (χ1) is 11.3. The lowest BCUT2D eigenvalue weighted by atomic mass is 10.2. The van der Waals surface area contributed by atoms with E-state index in [2.05, 4.69) is 19.8 Å². The van der Waals surface area contributed by atoms with Gasteiger partial charge in [-0.1, -0.05) is 5.21 Å². The van der Waals surface area contributed by atoms with E-state index in [1.807, 2.05) is 0 Å². The molecule has 2 aromatic rings. The molecule has 0 atom stereocenters. The number of hydrogen-bond donors (Lipinski definition) is 0. The number of carbonyl (C=O) groups is 2. The maximum Gasteiger partial charge on any atom is 0.416 e. The molecule has 128 valence electrons. The second kappa shape index (κ2) is 6.69. The Morgan fingerprint density at radius 3 is 2.25 bits per heavy atom. The Bertz CT molecular complexity index is 754. The third-order valence-electron chi connectivity index (χ3n) is 3.12. The first-order valence-corrected chi connectivity index (χ1v) is 6.55. The molecule has 0 fully saturated rings. The van der Waals surface area contributed by atoms with Gasteiger partial charge in [-0.15, -0.1) is 5.10 Å². The van der Waals surface area contributed by atoms with Gasteiger partial charge in [0.05, 0.1) is 37.6 Å². The van der Waals surface area contributed by atoms with Crippen LogP contribution < -0.4 is 0 Å². The van der Waals surface area contributed by atoms with Gasteiger partial charge >= 0.3 is 18.1 Å². The fourth-order valence-electron chi connectivity index (χ4n) is 1.92. The summed E-state index contributed by atoms with van der Waals surface area (Å²) in [6.07, 6.45) is -4.83. The Kier molecular flexibility index (Phi) is 4.86. The van der Waals surface area contributed by atoms with Gasteiger partial charge in [-0.25, -0.2) is 9.48 Å². The van der Waals surface area contributed by atoms with Crippen molar-refractivity contribution in [3.63, 3.8) is 0 Å². The molecule has 0 bridgehead atoms. The van der Waals surface area contributed by atoms with E-state index >= 15 is 0 Å². The maximum atomic E-state index is 12.6. The molecule has 7 nitrogen and oxygen atoms in total. The van der Waals surface area contributed by atoms with Crippen molar-refractivity contribution >= 4 is 11.9 Å². The van der Waals surface area contributed by atoms with Crippen LogP contribution in [-0.2, 0) is 26.9 Å². The minimum absolute atomic E-state index is 0.0495. The topological polar surface area (TPSA) is 83.3 Å². The molecule has 1 aromatic heterocycles. The lowest BCUT2D eigenvalue weighted by molar-refractivity contribution is -0.140. The summed E-state index contributed by atoms with van der Waals surface area (Å²) in [4.78, 5) is 23.2. The van der Waals surface area contributed by atoms with Crippen LogP contribution in [0.2, 0.25) is 0 Å². The van der Waals surface area contributed by atoms with Crippen molar-refractivity contribution < 1.29 is 32.2 Å². The highest BCUT2D eigenvalue weighted by molar-refractivity contribution is 5.90. The molecule has 0 aliphatic heterocycles. The molecule has 0 aliphatic rings. The molecule has 0 N–H and O–H groups in total. The van der Waals surface area contributed by atoms with E-state index < -0.39 is 23.7 Å². The van der Waals surface area contributed by atoms with Gasteiger partial charge in [-0.05, 0) is 24.3 Å². The molecule has 1 heterocycles. The lowest BCUT2D eigenvalue weighted by Crippen LogP contribution is -2.14. The van der Waals surface area contributed by atoms with Crippen LogP contribution in [-0.4, -0.2) is 41.2 Å². The van der Waals surface area contributed by atoms with Crippen LogP contribution in [0.15, 0.2) is 24.3 Å². The number of esters is 2. The number of nitrogens with zero attached hydrogens (tertiary/aromatic N) is 3. The van der Waals surface area contributed by atoms with E-state index in [1.54, 1.807) is 0 Å². The monoisotopic (exact) mass is 343 g/mol. The Balaban J connectivity index is 2.47. The van der Waals surface area contributed by atoms with Gasteiger partial charge in [-0.3, -0.25) is 4.79 Å². The number of methoxy groups -OCH3 is 2. The van der Waals surface area contributed by atoms with Crippen LogP contribution in [0.5, 0.6) is 0 Å². The van der Waals surface area contributed by atoms with Crippen molar-refractivity contribution in [3.05, 3.63) is 41.2 Å². The zero-order valence-electron chi connectivity index (χ0n) is 12.6. The fourth-order valence-corrected chi connectivity index (χ4v) is 1.92. The Labute approximate surface area is 134 Å². The molecule has 10 heteroatoms. The zero-order valence-corrected chi connectivity index (χ0v) is 12.6. The molecule has 24 heavy (non-hydrogen) atoms. The maximum absolute atomic E-state index is 12.6.